The van der Waals surface area contributed by atoms with Gasteiger partial charge in [0.15, 0.2) is 16.7 Å². The lowest BCUT2D eigenvalue weighted by Gasteiger charge is -2.12. The van der Waals surface area contributed by atoms with Crippen molar-refractivity contribution in [2.75, 3.05) is 19.5 Å². The minimum atomic E-state index is -0.273. The van der Waals surface area contributed by atoms with Crippen molar-refractivity contribution in [3.8, 4) is 11.5 Å². The van der Waals surface area contributed by atoms with Gasteiger partial charge < -0.3 is 18.8 Å². The summed E-state index contributed by atoms with van der Waals surface area (Å²) in [6.45, 7) is 4.31. The van der Waals surface area contributed by atoms with Gasteiger partial charge in [-0.05, 0) is 38.1 Å². The topological polar surface area (TPSA) is 62.6 Å². The van der Waals surface area contributed by atoms with Gasteiger partial charge in [0.25, 0.3) is 0 Å². The molecule has 0 fully saturated rings. The molecular formula is C21H24N2O4S. The molecule has 7 heteroatoms. The van der Waals surface area contributed by atoms with E-state index in [2.05, 4.69) is 4.98 Å². The average Bonchev–Trinajstić information content (AvgIpc) is 3.02. The Hall–Kier alpha value is -2.67. The highest BCUT2D eigenvalue weighted by atomic mass is 32.2. The molecule has 1 aromatic heterocycles. The van der Waals surface area contributed by atoms with E-state index in [9.17, 15) is 4.79 Å². The minimum Gasteiger partial charge on any atom is -0.493 e. The predicted octanol–water partition coefficient (Wildman–Crippen LogP) is 4.17. The first-order chi connectivity index (χ1) is 13.6. The largest absolute Gasteiger partial charge is 0.493 e. The van der Waals surface area contributed by atoms with Crippen LogP contribution >= 0.6 is 11.8 Å². The second kappa shape index (κ2) is 9.50. The lowest BCUT2D eigenvalue weighted by Crippen LogP contribution is -2.18. The molecule has 0 atom stereocenters. The number of hydrogen-bond acceptors (Lipinski definition) is 6. The number of esters is 1. The molecule has 3 aromatic rings. The second-order valence-electron chi connectivity index (χ2n) is 6.36. The molecule has 0 amide bonds. The van der Waals surface area contributed by atoms with E-state index in [1.54, 1.807) is 18.9 Å². The summed E-state index contributed by atoms with van der Waals surface area (Å²) >= 11 is 1.54. The van der Waals surface area contributed by atoms with Crippen molar-refractivity contribution < 1.29 is 19.0 Å². The highest BCUT2D eigenvalue weighted by Gasteiger charge is 2.15. The Bertz CT molecular complexity index is 939. The van der Waals surface area contributed by atoms with E-state index in [1.807, 2.05) is 66.9 Å². The Morgan fingerprint density at radius 3 is 2.57 bits per heavy atom. The second-order valence-corrected chi connectivity index (χ2v) is 7.42. The van der Waals surface area contributed by atoms with Crippen LogP contribution in [0.2, 0.25) is 0 Å². The van der Waals surface area contributed by atoms with Crippen molar-refractivity contribution in [3.63, 3.8) is 0 Å². The van der Waals surface area contributed by atoms with E-state index in [1.165, 1.54) is 0 Å². The molecule has 0 radical (unpaired) electrons. The van der Waals surface area contributed by atoms with Crippen LogP contribution in [0, 0.1) is 0 Å². The van der Waals surface area contributed by atoms with E-state index in [0.29, 0.717) is 23.9 Å². The number of imidazole rings is 1. The number of carbonyl (C=O) groups is 1. The molecule has 0 unspecified atom stereocenters. The van der Waals surface area contributed by atoms with E-state index in [0.717, 1.165) is 16.2 Å². The number of hydrogen-bond donors (Lipinski definition) is 0. The standard InChI is InChI=1S/C21H24N2O4S/c1-15(2)27-20(24)14-23-17-9-5-4-8-16(17)22-21(23)28-13-12-26-19-11-7-6-10-18(19)25-3/h4-11,15H,12-14H2,1-3H3. The smallest absolute Gasteiger partial charge is 0.326 e. The van der Waals surface area contributed by atoms with Gasteiger partial charge in [-0.25, -0.2) is 4.98 Å². The molecule has 148 valence electrons. The van der Waals surface area contributed by atoms with Crippen molar-refractivity contribution in [1.82, 2.24) is 9.55 Å². The SMILES string of the molecule is COc1ccccc1OCCSc1nc2ccccc2n1CC(=O)OC(C)C. The Kier molecular flexibility index (Phi) is 6.81. The third-order valence-corrected chi connectivity index (χ3v) is 4.86. The van der Waals surface area contributed by atoms with Gasteiger partial charge in [-0.3, -0.25) is 4.79 Å². The van der Waals surface area contributed by atoms with Crippen molar-refractivity contribution in [3.05, 3.63) is 48.5 Å². The van der Waals surface area contributed by atoms with Crippen LogP contribution in [0.5, 0.6) is 11.5 Å². The molecule has 0 aliphatic carbocycles. The molecule has 2 aromatic carbocycles. The minimum absolute atomic E-state index is 0.133. The van der Waals surface area contributed by atoms with Crippen LogP contribution in [0.4, 0.5) is 0 Å². The van der Waals surface area contributed by atoms with Crippen LogP contribution in [0.25, 0.3) is 11.0 Å². The van der Waals surface area contributed by atoms with E-state index in [-0.39, 0.29) is 18.6 Å². The Labute approximate surface area is 168 Å². The zero-order chi connectivity index (χ0) is 19.9. The summed E-state index contributed by atoms with van der Waals surface area (Å²) in [6, 6.07) is 15.3. The van der Waals surface area contributed by atoms with Crippen LogP contribution in [-0.2, 0) is 16.1 Å². The van der Waals surface area contributed by atoms with E-state index < -0.39 is 0 Å². The number of rotatable bonds is 9. The van der Waals surface area contributed by atoms with Crippen LogP contribution in [0.1, 0.15) is 13.8 Å². The molecule has 0 bridgehead atoms. The molecule has 28 heavy (non-hydrogen) atoms. The number of nitrogens with zero attached hydrogens (tertiary/aromatic N) is 2. The van der Waals surface area contributed by atoms with Crippen LogP contribution in [-0.4, -0.2) is 41.1 Å². The molecule has 0 spiro atoms. The highest BCUT2D eigenvalue weighted by molar-refractivity contribution is 7.99. The first-order valence-corrected chi connectivity index (χ1v) is 10.1. The van der Waals surface area contributed by atoms with Crippen LogP contribution in [0.15, 0.2) is 53.7 Å². The molecule has 0 N–H and O–H groups in total. The number of ether oxygens (including phenoxy) is 3. The molecule has 0 aliphatic heterocycles. The maximum absolute atomic E-state index is 12.2. The average molecular weight is 401 g/mol. The van der Waals surface area contributed by atoms with Gasteiger partial charge in [-0.2, -0.15) is 0 Å². The number of aromatic nitrogens is 2. The van der Waals surface area contributed by atoms with Crippen LogP contribution in [0.3, 0.4) is 0 Å². The van der Waals surface area contributed by atoms with Crippen LogP contribution < -0.4 is 9.47 Å². The number of para-hydroxylation sites is 4. The number of thioether (sulfide) groups is 1. The summed E-state index contributed by atoms with van der Waals surface area (Å²) in [5.74, 6) is 1.82. The maximum Gasteiger partial charge on any atom is 0.326 e. The van der Waals surface area contributed by atoms with Gasteiger partial charge in [0.2, 0.25) is 0 Å². The monoisotopic (exact) mass is 400 g/mol. The van der Waals surface area contributed by atoms with Crippen molar-refractivity contribution >= 4 is 28.8 Å². The number of methoxy groups -OCH3 is 1. The van der Waals surface area contributed by atoms with Gasteiger partial charge in [0.05, 0.1) is 30.9 Å². The molecule has 3 rings (SSSR count). The van der Waals surface area contributed by atoms with Gasteiger partial charge in [0, 0.05) is 5.75 Å². The fourth-order valence-corrected chi connectivity index (χ4v) is 3.60. The molecule has 1 heterocycles. The summed E-state index contributed by atoms with van der Waals surface area (Å²) in [5, 5.41) is 0.769. The van der Waals surface area contributed by atoms with Crippen molar-refractivity contribution in [2.45, 2.75) is 31.7 Å². The van der Waals surface area contributed by atoms with Crippen molar-refractivity contribution in [2.24, 2.45) is 0 Å². The molecule has 0 saturated carbocycles. The Morgan fingerprint density at radius 1 is 1.11 bits per heavy atom. The third-order valence-electron chi connectivity index (χ3n) is 3.92. The highest BCUT2D eigenvalue weighted by Crippen LogP contribution is 2.27. The summed E-state index contributed by atoms with van der Waals surface area (Å²) in [4.78, 5) is 16.8. The fraction of sp³-hybridized carbons (Fsp3) is 0.333. The zero-order valence-corrected chi connectivity index (χ0v) is 17.1. The summed E-state index contributed by atoms with van der Waals surface area (Å²) in [7, 11) is 1.62. The third kappa shape index (κ3) is 4.98. The van der Waals surface area contributed by atoms with Crippen molar-refractivity contribution in [1.29, 1.82) is 0 Å². The van der Waals surface area contributed by atoms with E-state index in [4.69, 9.17) is 14.2 Å². The Balaban J connectivity index is 1.68. The van der Waals surface area contributed by atoms with Gasteiger partial charge >= 0.3 is 5.97 Å². The molecule has 0 saturated heterocycles. The predicted molar refractivity (Wildman–Crippen MR) is 110 cm³/mol. The quantitative estimate of drug-likeness (QED) is 0.305. The van der Waals surface area contributed by atoms with E-state index >= 15 is 0 Å². The van der Waals surface area contributed by atoms with Gasteiger partial charge in [-0.15, -0.1) is 0 Å². The molecule has 0 aliphatic rings. The molecular weight excluding hydrogens is 376 g/mol. The summed E-state index contributed by atoms with van der Waals surface area (Å²) < 4.78 is 18.3. The zero-order valence-electron chi connectivity index (χ0n) is 16.3. The first-order valence-electron chi connectivity index (χ1n) is 9.12. The molecule has 6 nitrogen and oxygen atoms in total. The maximum atomic E-state index is 12.2. The van der Waals surface area contributed by atoms with Gasteiger partial charge in [0.1, 0.15) is 6.54 Å². The lowest BCUT2D eigenvalue weighted by atomic mass is 10.3. The summed E-state index contributed by atoms with van der Waals surface area (Å²) in [5.41, 5.74) is 1.77. The number of fused-ring (bicyclic) bond motifs is 1. The number of carbonyl (C=O) groups excluding carboxylic acids is 1. The summed E-state index contributed by atoms with van der Waals surface area (Å²) in [6.07, 6.45) is -0.146. The normalized spacial score (nSPS) is 11.0. The fourth-order valence-electron chi connectivity index (χ4n) is 2.77. The first kappa shape index (κ1) is 20.1. The Morgan fingerprint density at radius 2 is 1.82 bits per heavy atom. The number of benzene rings is 2. The van der Waals surface area contributed by atoms with Gasteiger partial charge in [-0.1, -0.05) is 36.0 Å². The lowest BCUT2D eigenvalue weighted by molar-refractivity contribution is -0.148.